The summed E-state index contributed by atoms with van der Waals surface area (Å²) < 4.78 is 10.3. The van der Waals surface area contributed by atoms with E-state index < -0.39 is 0 Å². The summed E-state index contributed by atoms with van der Waals surface area (Å²) in [6.45, 7) is 5.31. The second kappa shape index (κ2) is 9.19. The van der Waals surface area contributed by atoms with Crippen LogP contribution in [-0.4, -0.2) is 48.1 Å². The number of halogens is 1. The molecule has 1 aromatic heterocycles. The van der Waals surface area contributed by atoms with Crippen molar-refractivity contribution in [1.82, 2.24) is 14.9 Å². The normalized spacial score (nSPS) is 16.6. The lowest BCUT2D eigenvalue weighted by molar-refractivity contribution is 0.0648. The van der Waals surface area contributed by atoms with Gasteiger partial charge in [0.2, 0.25) is 17.6 Å². The molecule has 0 unspecified atom stereocenters. The first-order valence-corrected chi connectivity index (χ1v) is 9.93. The second-order valence-corrected chi connectivity index (χ2v) is 8.02. The van der Waals surface area contributed by atoms with E-state index in [1.807, 2.05) is 30.3 Å². The molecule has 156 valence electrons. The number of benzene rings is 1. The number of hydrogen-bond acceptors (Lipinski definition) is 5. The molecular formula is C23H24ClN3O3. The first kappa shape index (κ1) is 21.7. The van der Waals surface area contributed by atoms with E-state index in [0.717, 1.165) is 12.0 Å². The van der Waals surface area contributed by atoms with Crippen LogP contribution in [0.5, 0.6) is 11.8 Å². The summed E-state index contributed by atoms with van der Waals surface area (Å²) in [6.07, 6.45) is 2.68. The number of carbonyl (C=O) groups is 1. The molecule has 1 saturated heterocycles. The van der Waals surface area contributed by atoms with Gasteiger partial charge in [0.25, 0.3) is 5.91 Å². The molecule has 1 aliphatic rings. The van der Waals surface area contributed by atoms with Crippen LogP contribution in [0.1, 0.15) is 36.5 Å². The molecule has 0 saturated carbocycles. The van der Waals surface area contributed by atoms with Crippen LogP contribution in [0.4, 0.5) is 0 Å². The number of methoxy groups -OCH3 is 2. The summed E-state index contributed by atoms with van der Waals surface area (Å²) in [5, 5.41) is 0.665. The third-order valence-electron chi connectivity index (χ3n) is 4.97. The molecule has 2 heterocycles. The third-order valence-corrected chi connectivity index (χ3v) is 5.21. The van der Waals surface area contributed by atoms with Crippen LogP contribution in [0.2, 0.25) is 5.02 Å². The molecule has 0 spiro atoms. The summed E-state index contributed by atoms with van der Waals surface area (Å²) in [7, 11) is 2.98. The number of ether oxygens (including phenoxy) is 2. The lowest BCUT2D eigenvalue weighted by atomic mass is 9.78. The summed E-state index contributed by atoms with van der Waals surface area (Å²) in [4.78, 5) is 23.1. The van der Waals surface area contributed by atoms with Crippen molar-refractivity contribution in [3.05, 3.63) is 58.4 Å². The van der Waals surface area contributed by atoms with Gasteiger partial charge >= 0.3 is 0 Å². The van der Waals surface area contributed by atoms with Gasteiger partial charge in [-0.2, -0.15) is 9.97 Å². The molecule has 0 radical (unpaired) electrons. The van der Waals surface area contributed by atoms with Crippen molar-refractivity contribution in [3.8, 4) is 23.6 Å². The summed E-state index contributed by atoms with van der Waals surface area (Å²) in [5.41, 5.74) is 1.85. The van der Waals surface area contributed by atoms with Crippen molar-refractivity contribution >= 4 is 17.5 Å². The van der Waals surface area contributed by atoms with E-state index in [9.17, 15) is 4.79 Å². The van der Waals surface area contributed by atoms with Crippen LogP contribution in [-0.2, 0) is 0 Å². The Morgan fingerprint density at radius 2 is 1.90 bits per heavy atom. The van der Waals surface area contributed by atoms with E-state index in [4.69, 9.17) is 21.1 Å². The van der Waals surface area contributed by atoms with Crippen molar-refractivity contribution in [2.45, 2.75) is 20.3 Å². The first-order chi connectivity index (χ1) is 14.3. The maximum absolute atomic E-state index is 13.0. The van der Waals surface area contributed by atoms with E-state index in [0.29, 0.717) is 29.9 Å². The highest BCUT2D eigenvalue weighted by Gasteiger charge is 2.34. The monoisotopic (exact) mass is 425 g/mol. The number of amides is 1. The van der Waals surface area contributed by atoms with Gasteiger partial charge in [-0.3, -0.25) is 4.79 Å². The molecule has 6 nitrogen and oxygen atoms in total. The molecule has 1 amide bonds. The molecule has 30 heavy (non-hydrogen) atoms. The number of hydrogen-bond donors (Lipinski definition) is 0. The quantitative estimate of drug-likeness (QED) is 0.695. The van der Waals surface area contributed by atoms with E-state index >= 15 is 0 Å². The van der Waals surface area contributed by atoms with Gasteiger partial charge in [-0.25, -0.2) is 0 Å². The molecule has 1 fully saturated rings. The van der Waals surface area contributed by atoms with E-state index in [1.54, 1.807) is 4.90 Å². The number of likely N-dealkylation sites (tertiary alicyclic amines) is 1. The lowest BCUT2D eigenvalue weighted by Gasteiger charge is -2.39. The smallest absolute Gasteiger partial charge is 0.291 e. The zero-order valence-corrected chi connectivity index (χ0v) is 18.3. The van der Waals surface area contributed by atoms with Gasteiger partial charge < -0.3 is 14.4 Å². The van der Waals surface area contributed by atoms with Gasteiger partial charge in [0.15, 0.2) is 0 Å². The van der Waals surface area contributed by atoms with Gasteiger partial charge in [-0.1, -0.05) is 48.9 Å². The molecule has 2 aromatic rings. The maximum Gasteiger partial charge on any atom is 0.291 e. The van der Waals surface area contributed by atoms with Crippen LogP contribution in [0.3, 0.4) is 0 Å². The summed E-state index contributed by atoms with van der Waals surface area (Å²) in [5.74, 6) is 6.64. The van der Waals surface area contributed by atoms with Crippen LogP contribution >= 0.6 is 11.6 Å². The van der Waals surface area contributed by atoms with Crippen molar-refractivity contribution in [3.63, 3.8) is 0 Å². The standard InChI is InChI=1S/C23H24ClN3O3/c1-23(2)15-27(22(28)21-25-19(29-3)14-20(26-21)30-4)12-11-17(23)9-5-7-16-8-6-10-18(24)13-16/h6,8-10,13-14H,11-12,15H2,1-4H3/b17-9+. The number of aromatic nitrogens is 2. The third kappa shape index (κ3) is 5.11. The Hall–Kier alpha value is -3.04. The van der Waals surface area contributed by atoms with Gasteiger partial charge in [-0.05, 0) is 30.7 Å². The molecule has 0 N–H and O–H groups in total. The molecule has 0 aliphatic carbocycles. The van der Waals surface area contributed by atoms with Crippen molar-refractivity contribution in [2.75, 3.05) is 27.3 Å². The summed E-state index contributed by atoms with van der Waals surface area (Å²) >= 11 is 6.01. The Bertz CT molecular complexity index is 1020. The average Bonchev–Trinajstić information content (AvgIpc) is 2.73. The molecule has 0 bridgehead atoms. The van der Waals surface area contributed by atoms with Crippen LogP contribution in [0, 0.1) is 17.3 Å². The Labute approximate surface area is 181 Å². The van der Waals surface area contributed by atoms with Gasteiger partial charge in [0, 0.05) is 29.1 Å². The number of nitrogens with zero attached hydrogens (tertiary/aromatic N) is 3. The predicted molar refractivity (Wildman–Crippen MR) is 116 cm³/mol. The molecule has 0 atom stereocenters. The highest BCUT2D eigenvalue weighted by atomic mass is 35.5. The van der Waals surface area contributed by atoms with Gasteiger partial charge in [-0.15, -0.1) is 0 Å². The second-order valence-electron chi connectivity index (χ2n) is 7.59. The zero-order chi connectivity index (χ0) is 21.7. The minimum Gasteiger partial charge on any atom is -0.481 e. The molecule has 1 aromatic carbocycles. The van der Waals surface area contributed by atoms with Crippen molar-refractivity contribution < 1.29 is 14.3 Å². The highest BCUT2D eigenvalue weighted by Crippen LogP contribution is 2.34. The Balaban J connectivity index is 1.75. The number of allylic oxidation sites excluding steroid dienone is 1. The molecular weight excluding hydrogens is 402 g/mol. The van der Waals surface area contributed by atoms with Crippen LogP contribution in [0.15, 0.2) is 42.0 Å². The topological polar surface area (TPSA) is 64.6 Å². The number of carbonyl (C=O) groups excluding carboxylic acids is 1. The lowest BCUT2D eigenvalue weighted by Crippen LogP contribution is -2.45. The summed E-state index contributed by atoms with van der Waals surface area (Å²) in [6, 6.07) is 9.00. The van der Waals surface area contributed by atoms with Crippen LogP contribution < -0.4 is 9.47 Å². The SMILES string of the molecule is COc1cc(OC)nc(C(=O)N2CC/C(=C\C#Cc3cccc(Cl)c3)C(C)(C)C2)n1. The fourth-order valence-electron chi connectivity index (χ4n) is 3.32. The fourth-order valence-corrected chi connectivity index (χ4v) is 3.51. The van der Waals surface area contributed by atoms with E-state index in [1.165, 1.54) is 25.9 Å². The minimum absolute atomic E-state index is 0.0650. The van der Waals surface area contributed by atoms with Gasteiger partial charge in [0.05, 0.1) is 20.3 Å². The van der Waals surface area contributed by atoms with Gasteiger partial charge in [0.1, 0.15) is 0 Å². The molecule has 7 heteroatoms. The Kier molecular flexibility index (Phi) is 6.63. The zero-order valence-electron chi connectivity index (χ0n) is 17.5. The van der Waals surface area contributed by atoms with Crippen molar-refractivity contribution in [1.29, 1.82) is 0 Å². The molecule has 3 rings (SSSR count). The number of piperidine rings is 1. The average molecular weight is 426 g/mol. The fraction of sp³-hybridized carbons (Fsp3) is 0.348. The van der Waals surface area contributed by atoms with E-state index in [2.05, 4.69) is 35.7 Å². The Morgan fingerprint density at radius 1 is 1.20 bits per heavy atom. The highest BCUT2D eigenvalue weighted by molar-refractivity contribution is 6.30. The van der Waals surface area contributed by atoms with Crippen molar-refractivity contribution in [2.24, 2.45) is 5.41 Å². The van der Waals surface area contributed by atoms with E-state index in [-0.39, 0.29) is 17.1 Å². The molecule has 1 aliphatic heterocycles. The largest absolute Gasteiger partial charge is 0.481 e. The van der Waals surface area contributed by atoms with Crippen LogP contribution in [0.25, 0.3) is 0 Å². The Morgan fingerprint density at radius 3 is 2.50 bits per heavy atom. The maximum atomic E-state index is 13.0. The first-order valence-electron chi connectivity index (χ1n) is 9.55. The predicted octanol–water partition coefficient (Wildman–Crippen LogP) is 4.00. The number of rotatable bonds is 3. The minimum atomic E-state index is -0.246.